The first kappa shape index (κ1) is 16.2. The Labute approximate surface area is 141 Å². The first-order chi connectivity index (χ1) is 11.7. The Kier molecular flexibility index (Phi) is 5.25. The fourth-order valence-corrected chi connectivity index (χ4v) is 2.84. The molecule has 0 unspecified atom stereocenters. The molecule has 0 aliphatic carbocycles. The van der Waals surface area contributed by atoms with Crippen molar-refractivity contribution in [3.63, 3.8) is 0 Å². The second kappa shape index (κ2) is 7.77. The smallest absolute Gasteiger partial charge is 0.226 e. The van der Waals surface area contributed by atoms with Crippen LogP contribution in [0.15, 0.2) is 42.7 Å². The van der Waals surface area contributed by atoms with Crippen molar-refractivity contribution in [3.05, 3.63) is 48.3 Å². The van der Waals surface area contributed by atoms with Gasteiger partial charge in [0.15, 0.2) is 0 Å². The van der Waals surface area contributed by atoms with Gasteiger partial charge in [-0.2, -0.15) is 5.10 Å². The lowest BCUT2D eigenvalue weighted by molar-refractivity contribution is -0.133. The minimum atomic E-state index is -0.0902. The monoisotopic (exact) mass is 326 g/mol. The fraction of sp³-hybridized carbons (Fsp3) is 0.389. The van der Waals surface area contributed by atoms with Crippen molar-refractivity contribution < 1.29 is 9.59 Å². The number of rotatable bonds is 6. The van der Waals surface area contributed by atoms with Crippen LogP contribution in [0.1, 0.15) is 31.2 Å². The van der Waals surface area contributed by atoms with Crippen molar-refractivity contribution in [1.82, 2.24) is 14.7 Å². The first-order valence-electron chi connectivity index (χ1n) is 8.35. The number of benzene rings is 1. The lowest BCUT2D eigenvalue weighted by atomic mass is 10.1. The molecule has 1 aromatic carbocycles. The highest BCUT2D eigenvalue weighted by Gasteiger charge is 2.18. The predicted octanol–water partition coefficient (Wildman–Crippen LogP) is 2.27. The van der Waals surface area contributed by atoms with Crippen LogP contribution in [-0.4, -0.2) is 39.6 Å². The van der Waals surface area contributed by atoms with Gasteiger partial charge in [0, 0.05) is 32.1 Å². The average Bonchev–Trinajstić information content (AvgIpc) is 3.02. The number of nitrogens with one attached hydrogen (secondary N) is 1. The molecule has 1 aliphatic heterocycles. The van der Waals surface area contributed by atoms with E-state index in [4.69, 9.17) is 0 Å². The molecule has 6 heteroatoms. The third kappa shape index (κ3) is 4.44. The summed E-state index contributed by atoms with van der Waals surface area (Å²) in [6.45, 7) is 1.92. The average molecular weight is 326 g/mol. The summed E-state index contributed by atoms with van der Waals surface area (Å²) in [7, 11) is 0. The molecule has 24 heavy (non-hydrogen) atoms. The third-order valence-electron chi connectivity index (χ3n) is 4.13. The second-order valence-electron chi connectivity index (χ2n) is 6.05. The van der Waals surface area contributed by atoms with Crippen molar-refractivity contribution in [1.29, 1.82) is 0 Å². The molecule has 2 aromatic rings. The van der Waals surface area contributed by atoms with E-state index < -0.39 is 0 Å². The van der Waals surface area contributed by atoms with Crippen molar-refractivity contribution in [3.8, 4) is 0 Å². The van der Waals surface area contributed by atoms with Crippen molar-refractivity contribution in [2.24, 2.45) is 0 Å². The Hall–Kier alpha value is -2.63. The summed E-state index contributed by atoms with van der Waals surface area (Å²) in [5.74, 6) is 0.0670. The van der Waals surface area contributed by atoms with Gasteiger partial charge in [-0.05, 0) is 18.4 Å². The van der Waals surface area contributed by atoms with E-state index in [2.05, 4.69) is 10.4 Å². The van der Waals surface area contributed by atoms with Gasteiger partial charge in [-0.15, -0.1) is 0 Å². The van der Waals surface area contributed by atoms with E-state index in [0.29, 0.717) is 31.6 Å². The molecular formula is C18H22N4O2. The van der Waals surface area contributed by atoms with Gasteiger partial charge in [-0.1, -0.05) is 30.3 Å². The summed E-state index contributed by atoms with van der Waals surface area (Å²) in [6, 6.07) is 10.0. The number of piperidine rings is 1. The Morgan fingerprint density at radius 2 is 2.04 bits per heavy atom. The fourth-order valence-electron chi connectivity index (χ4n) is 2.84. The highest BCUT2D eigenvalue weighted by molar-refractivity contribution is 5.90. The molecule has 1 aliphatic rings. The number of carbonyl (C=O) groups excluding carboxylic acids is 2. The molecule has 0 bridgehead atoms. The summed E-state index contributed by atoms with van der Waals surface area (Å²) in [5.41, 5.74) is 1.84. The summed E-state index contributed by atoms with van der Waals surface area (Å²) in [4.78, 5) is 25.5. The van der Waals surface area contributed by atoms with Gasteiger partial charge in [0.1, 0.15) is 0 Å². The van der Waals surface area contributed by atoms with E-state index in [1.165, 1.54) is 0 Å². The number of carbonyl (C=O) groups is 2. The third-order valence-corrected chi connectivity index (χ3v) is 4.13. The topological polar surface area (TPSA) is 67.2 Å². The van der Waals surface area contributed by atoms with Crippen LogP contribution >= 0.6 is 0 Å². The number of nitrogens with zero attached hydrogens (tertiary/aromatic N) is 3. The molecular weight excluding hydrogens is 304 g/mol. The lowest BCUT2D eigenvalue weighted by Gasteiger charge is -2.26. The van der Waals surface area contributed by atoms with Crippen LogP contribution in [-0.2, 0) is 16.1 Å². The minimum absolute atomic E-state index is 0.0902. The molecule has 0 spiro atoms. The Bertz CT molecular complexity index is 696. The van der Waals surface area contributed by atoms with Crippen molar-refractivity contribution in [2.45, 2.75) is 32.2 Å². The van der Waals surface area contributed by atoms with Gasteiger partial charge in [0.2, 0.25) is 11.8 Å². The maximum atomic E-state index is 12.0. The lowest BCUT2D eigenvalue weighted by Crippen LogP contribution is -2.37. The molecule has 1 N–H and O–H groups in total. The number of hydrogen-bond acceptors (Lipinski definition) is 3. The van der Waals surface area contributed by atoms with Crippen molar-refractivity contribution in [2.75, 3.05) is 18.4 Å². The van der Waals surface area contributed by atoms with Gasteiger partial charge in [-0.25, -0.2) is 0 Å². The molecule has 0 radical (unpaired) electrons. The quantitative estimate of drug-likeness (QED) is 0.885. The largest absolute Gasteiger partial charge is 0.342 e. The molecule has 3 rings (SSSR count). The summed E-state index contributed by atoms with van der Waals surface area (Å²) in [6.07, 6.45) is 6.37. The highest BCUT2D eigenvalue weighted by atomic mass is 16.2. The van der Waals surface area contributed by atoms with Crippen LogP contribution in [0, 0.1) is 0 Å². The van der Waals surface area contributed by atoms with Gasteiger partial charge in [0.05, 0.1) is 18.4 Å². The van der Waals surface area contributed by atoms with Crippen LogP contribution in [0.3, 0.4) is 0 Å². The first-order valence-corrected chi connectivity index (χ1v) is 8.35. The molecule has 1 fully saturated rings. The highest BCUT2D eigenvalue weighted by Crippen LogP contribution is 2.12. The molecule has 0 atom stereocenters. The van der Waals surface area contributed by atoms with Crippen molar-refractivity contribution >= 4 is 17.5 Å². The zero-order chi connectivity index (χ0) is 16.8. The number of aromatic nitrogens is 2. The SMILES string of the molecule is O=C(CCN1CCCCC1=O)Nc1cnn(Cc2ccccc2)c1. The van der Waals surface area contributed by atoms with E-state index in [0.717, 1.165) is 24.9 Å². The van der Waals surface area contributed by atoms with Crippen LogP contribution in [0.5, 0.6) is 0 Å². The molecule has 2 heterocycles. The number of amides is 2. The van der Waals surface area contributed by atoms with Gasteiger partial charge >= 0.3 is 0 Å². The van der Waals surface area contributed by atoms with Gasteiger partial charge in [0.25, 0.3) is 0 Å². The summed E-state index contributed by atoms with van der Waals surface area (Å²) >= 11 is 0. The van der Waals surface area contributed by atoms with Crippen LogP contribution in [0.25, 0.3) is 0 Å². The van der Waals surface area contributed by atoms with Crippen LogP contribution < -0.4 is 5.32 Å². The second-order valence-corrected chi connectivity index (χ2v) is 6.05. The summed E-state index contributed by atoms with van der Waals surface area (Å²) in [5, 5.41) is 7.11. The van der Waals surface area contributed by atoms with E-state index in [1.807, 2.05) is 36.5 Å². The molecule has 126 valence electrons. The Morgan fingerprint density at radius 3 is 2.83 bits per heavy atom. The minimum Gasteiger partial charge on any atom is -0.342 e. The zero-order valence-electron chi connectivity index (χ0n) is 13.6. The maximum Gasteiger partial charge on any atom is 0.226 e. The predicted molar refractivity (Wildman–Crippen MR) is 91.4 cm³/mol. The molecule has 1 saturated heterocycles. The summed E-state index contributed by atoms with van der Waals surface area (Å²) < 4.78 is 1.79. The Morgan fingerprint density at radius 1 is 1.21 bits per heavy atom. The number of likely N-dealkylation sites (tertiary alicyclic amines) is 1. The Balaban J connectivity index is 1.47. The maximum absolute atomic E-state index is 12.0. The zero-order valence-corrected chi connectivity index (χ0v) is 13.6. The number of anilines is 1. The number of hydrogen-bond donors (Lipinski definition) is 1. The van der Waals surface area contributed by atoms with E-state index >= 15 is 0 Å². The van der Waals surface area contributed by atoms with Gasteiger partial charge < -0.3 is 10.2 Å². The molecule has 1 aromatic heterocycles. The standard InChI is InChI=1S/C18H22N4O2/c23-17(9-11-21-10-5-4-8-18(21)24)20-16-12-19-22(14-16)13-15-6-2-1-3-7-15/h1-3,6-7,12,14H,4-5,8-11,13H2,(H,20,23). The van der Waals surface area contributed by atoms with E-state index in [-0.39, 0.29) is 11.8 Å². The molecule has 0 saturated carbocycles. The van der Waals surface area contributed by atoms with Crippen LogP contribution in [0.2, 0.25) is 0 Å². The van der Waals surface area contributed by atoms with Crippen LogP contribution in [0.4, 0.5) is 5.69 Å². The molecule has 6 nitrogen and oxygen atoms in total. The molecule has 2 amide bonds. The van der Waals surface area contributed by atoms with E-state index in [1.54, 1.807) is 15.8 Å². The van der Waals surface area contributed by atoms with Gasteiger partial charge in [-0.3, -0.25) is 14.3 Å². The van der Waals surface area contributed by atoms with E-state index in [9.17, 15) is 9.59 Å². The normalized spacial score (nSPS) is 14.7.